The molecule has 1 aliphatic rings. The van der Waals surface area contributed by atoms with E-state index in [9.17, 15) is 4.79 Å². The van der Waals surface area contributed by atoms with Crippen molar-refractivity contribution in [1.82, 2.24) is 4.90 Å². The monoisotopic (exact) mass is 251 g/mol. The standard InChI is InChI=1S/C13H17NO2S/c1-3-5-14-7-11(10-4-6-17-9-10)12(8-14)13(15)16-2/h3-4,6,9,11-12H,1,5,7-8H2,2H3. The maximum absolute atomic E-state index is 11.8. The predicted molar refractivity (Wildman–Crippen MR) is 69.2 cm³/mol. The number of rotatable bonds is 4. The first-order valence-electron chi connectivity index (χ1n) is 5.69. The Morgan fingerprint density at radius 3 is 3.12 bits per heavy atom. The molecule has 17 heavy (non-hydrogen) atoms. The van der Waals surface area contributed by atoms with Gasteiger partial charge in [0.2, 0.25) is 0 Å². The van der Waals surface area contributed by atoms with Gasteiger partial charge in [0.15, 0.2) is 0 Å². The average molecular weight is 251 g/mol. The molecule has 1 aromatic heterocycles. The zero-order valence-corrected chi connectivity index (χ0v) is 10.8. The Hall–Kier alpha value is -1.13. The number of carbonyl (C=O) groups is 1. The van der Waals surface area contributed by atoms with E-state index in [4.69, 9.17) is 4.74 Å². The van der Waals surface area contributed by atoms with E-state index >= 15 is 0 Å². The van der Waals surface area contributed by atoms with Crippen LogP contribution >= 0.6 is 11.3 Å². The second-order valence-electron chi connectivity index (χ2n) is 4.30. The lowest BCUT2D eigenvalue weighted by Gasteiger charge is -2.14. The van der Waals surface area contributed by atoms with Gasteiger partial charge in [-0.3, -0.25) is 9.69 Å². The van der Waals surface area contributed by atoms with Gasteiger partial charge in [-0.25, -0.2) is 0 Å². The topological polar surface area (TPSA) is 29.5 Å². The molecule has 1 aliphatic heterocycles. The molecule has 0 bridgehead atoms. The summed E-state index contributed by atoms with van der Waals surface area (Å²) in [5.41, 5.74) is 1.25. The summed E-state index contributed by atoms with van der Waals surface area (Å²) in [6.07, 6.45) is 1.88. The summed E-state index contributed by atoms with van der Waals surface area (Å²) < 4.78 is 4.90. The van der Waals surface area contributed by atoms with Crippen LogP contribution in [0.3, 0.4) is 0 Å². The molecule has 0 radical (unpaired) electrons. The van der Waals surface area contributed by atoms with Gasteiger partial charge in [0.05, 0.1) is 13.0 Å². The van der Waals surface area contributed by atoms with E-state index in [-0.39, 0.29) is 17.8 Å². The molecule has 1 aromatic rings. The van der Waals surface area contributed by atoms with Crippen LogP contribution in [0.1, 0.15) is 11.5 Å². The van der Waals surface area contributed by atoms with Crippen molar-refractivity contribution < 1.29 is 9.53 Å². The highest BCUT2D eigenvalue weighted by molar-refractivity contribution is 7.08. The van der Waals surface area contributed by atoms with Gasteiger partial charge < -0.3 is 4.74 Å². The number of nitrogens with zero attached hydrogens (tertiary/aromatic N) is 1. The molecule has 2 rings (SSSR count). The second kappa shape index (κ2) is 5.47. The minimum Gasteiger partial charge on any atom is -0.469 e. The molecule has 2 heterocycles. The third-order valence-electron chi connectivity index (χ3n) is 3.26. The molecule has 0 aromatic carbocycles. The maximum atomic E-state index is 11.8. The Labute approximate surface area is 106 Å². The van der Waals surface area contributed by atoms with Gasteiger partial charge in [0.1, 0.15) is 0 Å². The second-order valence-corrected chi connectivity index (χ2v) is 5.08. The Kier molecular flexibility index (Phi) is 3.97. The predicted octanol–water partition coefficient (Wildman–Crippen LogP) is 2.12. The number of thiophene rings is 1. The minimum atomic E-state index is -0.104. The Balaban J connectivity index is 2.16. The molecule has 0 N–H and O–H groups in total. The van der Waals surface area contributed by atoms with Crippen molar-refractivity contribution in [2.24, 2.45) is 5.92 Å². The smallest absolute Gasteiger partial charge is 0.310 e. The third-order valence-corrected chi connectivity index (χ3v) is 3.96. The quantitative estimate of drug-likeness (QED) is 0.606. The SMILES string of the molecule is C=CCN1CC(C(=O)OC)C(c2ccsc2)C1. The molecule has 1 saturated heterocycles. The van der Waals surface area contributed by atoms with Gasteiger partial charge in [0, 0.05) is 25.6 Å². The van der Waals surface area contributed by atoms with Crippen LogP contribution in [0.5, 0.6) is 0 Å². The van der Waals surface area contributed by atoms with Crippen molar-refractivity contribution in [2.75, 3.05) is 26.7 Å². The molecule has 0 spiro atoms. The van der Waals surface area contributed by atoms with E-state index in [1.54, 1.807) is 11.3 Å². The highest BCUT2D eigenvalue weighted by Gasteiger charge is 2.38. The van der Waals surface area contributed by atoms with E-state index in [0.717, 1.165) is 19.6 Å². The molecule has 0 aliphatic carbocycles. The Morgan fingerprint density at radius 1 is 1.71 bits per heavy atom. The number of hydrogen-bond acceptors (Lipinski definition) is 4. The lowest BCUT2D eigenvalue weighted by Crippen LogP contribution is -2.24. The molecule has 2 unspecified atom stereocenters. The number of esters is 1. The van der Waals surface area contributed by atoms with Crippen LogP contribution < -0.4 is 0 Å². The van der Waals surface area contributed by atoms with Crippen molar-refractivity contribution >= 4 is 17.3 Å². The minimum absolute atomic E-state index is 0.0467. The zero-order valence-electron chi connectivity index (χ0n) is 9.96. The van der Waals surface area contributed by atoms with Gasteiger partial charge in [-0.05, 0) is 22.4 Å². The largest absolute Gasteiger partial charge is 0.469 e. The molecule has 0 amide bonds. The van der Waals surface area contributed by atoms with E-state index in [1.165, 1.54) is 12.7 Å². The van der Waals surface area contributed by atoms with Crippen molar-refractivity contribution in [3.8, 4) is 0 Å². The first kappa shape index (κ1) is 12.3. The summed E-state index contributed by atoms with van der Waals surface area (Å²) in [5, 5.41) is 4.18. The van der Waals surface area contributed by atoms with Crippen LogP contribution in [0.15, 0.2) is 29.5 Å². The summed E-state index contributed by atoms with van der Waals surface area (Å²) in [5.74, 6) is 0.107. The molecule has 1 fully saturated rings. The van der Waals surface area contributed by atoms with Crippen LogP contribution in [0.2, 0.25) is 0 Å². The molecule has 92 valence electrons. The lowest BCUT2D eigenvalue weighted by molar-refractivity contribution is -0.145. The first-order chi connectivity index (χ1) is 8.26. The molecule has 4 heteroatoms. The number of hydrogen-bond donors (Lipinski definition) is 0. The number of ether oxygens (including phenoxy) is 1. The number of methoxy groups -OCH3 is 1. The summed E-state index contributed by atoms with van der Waals surface area (Å²) in [6.45, 7) is 6.24. The maximum Gasteiger partial charge on any atom is 0.310 e. The van der Waals surface area contributed by atoms with E-state index in [0.29, 0.717) is 0 Å². The molecule has 2 atom stereocenters. The van der Waals surface area contributed by atoms with Gasteiger partial charge in [-0.1, -0.05) is 6.08 Å². The van der Waals surface area contributed by atoms with Crippen LogP contribution in [0.4, 0.5) is 0 Å². The van der Waals surface area contributed by atoms with Crippen LogP contribution in [0, 0.1) is 5.92 Å². The average Bonchev–Trinajstić information content (AvgIpc) is 2.96. The summed E-state index contributed by atoms with van der Waals surface area (Å²) in [4.78, 5) is 14.0. The summed E-state index contributed by atoms with van der Waals surface area (Å²) >= 11 is 1.67. The zero-order chi connectivity index (χ0) is 12.3. The van der Waals surface area contributed by atoms with E-state index in [1.807, 2.05) is 6.08 Å². The normalized spacial score (nSPS) is 24.8. The van der Waals surface area contributed by atoms with Crippen LogP contribution in [-0.4, -0.2) is 37.6 Å². The van der Waals surface area contributed by atoms with Crippen molar-refractivity contribution in [2.45, 2.75) is 5.92 Å². The van der Waals surface area contributed by atoms with Crippen molar-refractivity contribution in [3.63, 3.8) is 0 Å². The van der Waals surface area contributed by atoms with E-state index < -0.39 is 0 Å². The van der Waals surface area contributed by atoms with Crippen LogP contribution in [0.25, 0.3) is 0 Å². The van der Waals surface area contributed by atoms with Gasteiger partial charge in [-0.15, -0.1) is 6.58 Å². The molecular formula is C13H17NO2S. The summed E-state index contributed by atoms with van der Waals surface area (Å²) in [6, 6.07) is 2.10. The molecular weight excluding hydrogens is 234 g/mol. The molecule has 3 nitrogen and oxygen atoms in total. The fourth-order valence-electron chi connectivity index (χ4n) is 2.43. The van der Waals surface area contributed by atoms with Gasteiger partial charge in [0.25, 0.3) is 0 Å². The first-order valence-corrected chi connectivity index (χ1v) is 6.63. The third kappa shape index (κ3) is 2.58. The van der Waals surface area contributed by atoms with Crippen molar-refractivity contribution in [3.05, 3.63) is 35.0 Å². The Morgan fingerprint density at radius 2 is 2.53 bits per heavy atom. The fraction of sp³-hybridized carbons (Fsp3) is 0.462. The Bertz CT molecular complexity index is 388. The highest BCUT2D eigenvalue weighted by Crippen LogP contribution is 2.34. The summed E-state index contributed by atoms with van der Waals surface area (Å²) in [7, 11) is 1.46. The highest BCUT2D eigenvalue weighted by atomic mass is 32.1. The van der Waals surface area contributed by atoms with Gasteiger partial charge in [-0.2, -0.15) is 11.3 Å². The van der Waals surface area contributed by atoms with Crippen molar-refractivity contribution in [1.29, 1.82) is 0 Å². The molecule has 0 saturated carbocycles. The van der Waals surface area contributed by atoms with Gasteiger partial charge >= 0.3 is 5.97 Å². The fourth-order valence-corrected chi connectivity index (χ4v) is 3.16. The van der Waals surface area contributed by atoms with Crippen LogP contribution in [-0.2, 0) is 9.53 Å². The number of carbonyl (C=O) groups excluding carboxylic acids is 1. The van der Waals surface area contributed by atoms with E-state index in [2.05, 4.69) is 28.3 Å². The number of likely N-dealkylation sites (tertiary alicyclic amines) is 1. The lowest BCUT2D eigenvalue weighted by atomic mass is 9.91.